The van der Waals surface area contributed by atoms with Gasteiger partial charge in [-0.3, -0.25) is 0 Å². The molecule has 78 valence electrons. The van der Waals surface area contributed by atoms with E-state index in [0.29, 0.717) is 19.1 Å². The third-order valence-corrected chi connectivity index (χ3v) is 1.89. The van der Waals surface area contributed by atoms with Gasteiger partial charge in [-0.2, -0.15) is 0 Å². The summed E-state index contributed by atoms with van der Waals surface area (Å²) in [4.78, 5) is 8.18. The van der Waals surface area contributed by atoms with Gasteiger partial charge in [0.2, 0.25) is 5.95 Å². The first-order valence-electron chi connectivity index (χ1n) is 4.38. The van der Waals surface area contributed by atoms with E-state index in [4.69, 9.17) is 16.3 Å². The summed E-state index contributed by atoms with van der Waals surface area (Å²) in [6.45, 7) is 3.05. The summed E-state index contributed by atoms with van der Waals surface area (Å²) in [5, 5.41) is 2.96. The second-order valence-electron chi connectivity index (χ2n) is 3.02. The highest BCUT2D eigenvalue weighted by Crippen LogP contribution is 2.01. The van der Waals surface area contributed by atoms with Crippen LogP contribution in [-0.2, 0) is 4.74 Å². The van der Waals surface area contributed by atoms with Crippen molar-refractivity contribution in [2.45, 2.75) is 12.3 Å². The highest BCUT2D eigenvalue weighted by atomic mass is 35.5. The second kappa shape index (κ2) is 5.78. The number of methoxy groups -OCH3 is 1. The lowest BCUT2D eigenvalue weighted by atomic mass is 10.4. The predicted molar refractivity (Wildman–Crippen MR) is 56.8 cm³/mol. The van der Waals surface area contributed by atoms with Crippen molar-refractivity contribution in [2.24, 2.45) is 0 Å². The zero-order chi connectivity index (χ0) is 10.4. The predicted octanol–water partition coefficient (Wildman–Crippen LogP) is 1.45. The Kier molecular flexibility index (Phi) is 4.62. The van der Waals surface area contributed by atoms with Crippen LogP contribution < -0.4 is 5.32 Å². The maximum absolute atomic E-state index is 5.92. The molecule has 0 aromatic carbocycles. The SMILES string of the molecule is COCC(Cl)CNc1ncc(C)cn1. The number of nitrogens with one attached hydrogen (secondary N) is 1. The number of hydrogen-bond donors (Lipinski definition) is 1. The van der Waals surface area contributed by atoms with Crippen molar-refractivity contribution in [1.29, 1.82) is 0 Å². The number of nitrogens with zero attached hydrogens (tertiary/aromatic N) is 2. The molecule has 5 heteroatoms. The fourth-order valence-electron chi connectivity index (χ4n) is 0.926. The fourth-order valence-corrected chi connectivity index (χ4v) is 1.13. The lowest BCUT2D eigenvalue weighted by Crippen LogP contribution is -2.20. The monoisotopic (exact) mass is 215 g/mol. The van der Waals surface area contributed by atoms with Gasteiger partial charge in [0.25, 0.3) is 0 Å². The molecule has 0 fully saturated rings. The van der Waals surface area contributed by atoms with E-state index in [1.165, 1.54) is 0 Å². The highest BCUT2D eigenvalue weighted by Gasteiger charge is 2.03. The molecule has 1 rings (SSSR count). The Bertz CT molecular complexity index is 265. The van der Waals surface area contributed by atoms with Crippen molar-refractivity contribution in [3.63, 3.8) is 0 Å². The Morgan fingerprint density at radius 3 is 2.71 bits per heavy atom. The number of halogens is 1. The molecule has 4 nitrogen and oxygen atoms in total. The first kappa shape index (κ1) is 11.2. The summed E-state index contributed by atoms with van der Waals surface area (Å²) in [5.74, 6) is 0.595. The first-order chi connectivity index (χ1) is 6.72. The molecule has 1 aromatic heterocycles. The van der Waals surface area contributed by atoms with Gasteiger partial charge >= 0.3 is 0 Å². The van der Waals surface area contributed by atoms with Gasteiger partial charge in [-0.25, -0.2) is 9.97 Å². The Balaban J connectivity index is 2.34. The Labute approximate surface area is 88.7 Å². The normalized spacial score (nSPS) is 12.5. The van der Waals surface area contributed by atoms with Crippen LogP contribution in [0.25, 0.3) is 0 Å². The van der Waals surface area contributed by atoms with Crippen LogP contribution in [0.2, 0.25) is 0 Å². The minimum Gasteiger partial charge on any atom is -0.383 e. The van der Waals surface area contributed by atoms with Crippen LogP contribution in [0.4, 0.5) is 5.95 Å². The Morgan fingerprint density at radius 2 is 2.14 bits per heavy atom. The highest BCUT2D eigenvalue weighted by molar-refractivity contribution is 6.21. The molecule has 0 aliphatic heterocycles. The summed E-state index contributed by atoms with van der Waals surface area (Å²) < 4.78 is 4.90. The summed E-state index contributed by atoms with van der Waals surface area (Å²) in [6, 6.07) is 0. The van der Waals surface area contributed by atoms with Gasteiger partial charge in [0.15, 0.2) is 0 Å². The van der Waals surface area contributed by atoms with E-state index in [-0.39, 0.29) is 5.38 Å². The topological polar surface area (TPSA) is 47.0 Å². The number of anilines is 1. The molecule has 1 N–H and O–H groups in total. The molecule has 0 spiro atoms. The number of alkyl halides is 1. The summed E-state index contributed by atoms with van der Waals surface area (Å²) in [6.07, 6.45) is 3.52. The van der Waals surface area contributed by atoms with Crippen LogP contribution in [0.15, 0.2) is 12.4 Å². The molecule has 0 bridgehead atoms. The van der Waals surface area contributed by atoms with Crippen LogP contribution in [0.1, 0.15) is 5.56 Å². The quantitative estimate of drug-likeness (QED) is 0.756. The molecule has 0 radical (unpaired) electrons. The van der Waals surface area contributed by atoms with Gasteiger partial charge in [0.05, 0.1) is 12.0 Å². The minimum atomic E-state index is -0.0649. The number of ether oxygens (including phenoxy) is 1. The molecule has 0 saturated carbocycles. The molecule has 1 aromatic rings. The van der Waals surface area contributed by atoms with Crippen LogP contribution in [0, 0.1) is 6.92 Å². The fraction of sp³-hybridized carbons (Fsp3) is 0.556. The van der Waals surface area contributed by atoms with E-state index in [1.54, 1.807) is 19.5 Å². The molecule has 0 saturated heterocycles. The third kappa shape index (κ3) is 3.89. The van der Waals surface area contributed by atoms with E-state index >= 15 is 0 Å². The van der Waals surface area contributed by atoms with Crippen LogP contribution >= 0.6 is 11.6 Å². The van der Waals surface area contributed by atoms with Gasteiger partial charge in [-0.05, 0) is 12.5 Å². The molecule has 0 aliphatic carbocycles. The van der Waals surface area contributed by atoms with E-state index < -0.39 is 0 Å². The number of aromatic nitrogens is 2. The van der Waals surface area contributed by atoms with Gasteiger partial charge in [-0.1, -0.05) is 0 Å². The molecule has 14 heavy (non-hydrogen) atoms. The van der Waals surface area contributed by atoms with E-state index in [9.17, 15) is 0 Å². The number of rotatable bonds is 5. The number of aryl methyl sites for hydroxylation is 1. The van der Waals surface area contributed by atoms with Crippen molar-refractivity contribution >= 4 is 17.5 Å². The summed E-state index contributed by atoms with van der Waals surface area (Å²) in [5.41, 5.74) is 1.04. The maximum atomic E-state index is 5.92. The standard InChI is InChI=1S/C9H14ClN3O/c1-7-3-11-9(12-4-7)13-5-8(10)6-14-2/h3-4,8H,5-6H2,1-2H3,(H,11,12,13). The lowest BCUT2D eigenvalue weighted by molar-refractivity contribution is 0.200. The van der Waals surface area contributed by atoms with Gasteiger partial charge < -0.3 is 10.1 Å². The van der Waals surface area contributed by atoms with E-state index in [2.05, 4.69) is 15.3 Å². The van der Waals surface area contributed by atoms with Crippen molar-refractivity contribution < 1.29 is 4.74 Å². The largest absolute Gasteiger partial charge is 0.383 e. The van der Waals surface area contributed by atoms with Crippen LogP contribution in [-0.4, -0.2) is 35.6 Å². The van der Waals surface area contributed by atoms with E-state index in [0.717, 1.165) is 5.56 Å². The molecule has 0 aliphatic rings. The molecule has 0 amide bonds. The van der Waals surface area contributed by atoms with E-state index in [1.807, 2.05) is 6.92 Å². The molecule has 1 unspecified atom stereocenters. The molecular weight excluding hydrogens is 202 g/mol. The summed E-state index contributed by atoms with van der Waals surface area (Å²) >= 11 is 5.92. The van der Waals surface area contributed by atoms with Gasteiger partial charge in [-0.15, -0.1) is 11.6 Å². The molecular formula is C9H14ClN3O. The van der Waals surface area contributed by atoms with Crippen LogP contribution in [0.5, 0.6) is 0 Å². The van der Waals surface area contributed by atoms with Crippen molar-refractivity contribution in [3.05, 3.63) is 18.0 Å². The van der Waals surface area contributed by atoms with Crippen molar-refractivity contribution in [1.82, 2.24) is 9.97 Å². The molecule has 1 heterocycles. The van der Waals surface area contributed by atoms with Crippen molar-refractivity contribution in [3.8, 4) is 0 Å². The zero-order valence-corrected chi connectivity index (χ0v) is 9.08. The third-order valence-electron chi connectivity index (χ3n) is 1.61. The average Bonchev–Trinajstić information content (AvgIpc) is 2.17. The maximum Gasteiger partial charge on any atom is 0.222 e. The minimum absolute atomic E-state index is 0.0649. The van der Waals surface area contributed by atoms with Crippen LogP contribution in [0.3, 0.4) is 0 Å². The smallest absolute Gasteiger partial charge is 0.222 e. The summed E-state index contributed by atoms with van der Waals surface area (Å²) in [7, 11) is 1.62. The Hall–Kier alpha value is -0.870. The molecule has 1 atom stereocenters. The first-order valence-corrected chi connectivity index (χ1v) is 4.81. The second-order valence-corrected chi connectivity index (χ2v) is 3.63. The van der Waals surface area contributed by atoms with Crippen molar-refractivity contribution in [2.75, 3.05) is 25.6 Å². The Morgan fingerprint density at radius 1 is 1.50 bits per heavy atom. The lowest BCUT2D eigenvalue weighted by Gasteiger charge is -2.09. The zero-order valence-electron chi connectivity index (χ0n) is 8.33. The average molecular weight is 216 g/mol. The number of hydrogen-bond acceptors (Lipinski definition) is 4. The van der Waals surface area contributed by atoms with Gasteiger partial charge in [0.1, 0.15) is 0 Å². The van der Waals surface area contributed by atoms with Gasteiger partial charge in [0, 0.05) is 26.0 Å².